The van der Waals surface area contributed by atoms with Gasteiger partial charge in [0.05, 0.1) is 31.5 Å². The fourth-order valence-electron chi connectivity index (χ4n) is 4.02. The van der Waals surface area contributed by atoms with Crippen molar-refractivity contribution < 1.29 is 54.8 Å². The molecule has 2 saturated heterocycles. The van der Waals surface area contributed by atoms with Crippen LogP contribution in [-0.4, -0.2) is 110 Å². The van der Waals surface area contributed by atoms with Crippen LogP contribution in [0.3, 0.4) is 0 Å². The van der Waals surface area contributed by atoms with Gasteiger partial charge in [-0.3, -0.25) is 4.79 Å². The summed E-state index contributed by atoms with van der Waals surface area (Å²) in [5.74, 6) is -1.22. The highest BCUT2D eigenvalue weighted by atomic mass is 16.7. The minimum absolute atomic E-state index is 0.248. The normalized spacial score (nSPS) is 40.0. The summed E-state index contributed by atoms with van der Waals surface area (Å²) < 4.78 is 16.7. The van der Waals surface area contributed by atoms with Crippen molar-refractivity contribution in [3.8, 4) is 5.75 Å². The number of rotatable bonds is 6. The van der Waals surface area contributed by atoms with E-state index in [0.29, 0.717) is 5.69 Å². The first-order valence-electron chi connectivity index (χ1n) is 10.1. The molecule has 2 aliphatic rings. The smallest absolute Gasteiger partial charge is 0.229 e. The predicted octanol–water partition coefficient (Wildman–Crippen LogP) is -3.08. The molecule has 8 N–H and O–H groups in total. The van der Waals surface area contributed by atoms with Gasteiger partial charge in [0.25, 0.3) is 0 Å². The monoisotopic (exact) mass is 459 g/mol. The maximum atomic E-state index is 11.1. The molecule has 0 spiro atoms. The molecule has 0 bridgehead atoms. The highest BCUT2D eigenvalue weighted by Crippen LogP contribution is 2.36. The Morgan fingerprint density at radius 3 is 2.06 bits per heavy atom. The van der Waals surface area contributed by atoms with Crippen molar-refractivity contribution in [1.82, 2.24) is 0 Å². The average molecular weight is 459 g/mol. The number of aliphatic hydroxyl groups excluding tert-OH is 7. The molecule has 10 atom stereocenters. The second-order valence-corrected chi connectivity index (χ2v) is 7.90. The summed E-state index contributed by atoms with van der Waals surface area (Å²) in [6.45, 7) is 0.0430. The summed E-state index contributed by atoms with van der Waals surface area (Å²) in [7, 11) is 0. The zero-order valence-electron chi connectivity index (χ0n) is 17.3. The molecule has 1 aromatic rings. The lowest BCUT2D eigenvalue weighted by atomic mass is 9.79. The molecule has 2 aliphatic heterocycles. The van der Waals surface area contributed by atoms with E-state index in [-0.39, 0.29) is 11.7 Å². The number of carbonyl (C=O) groups is 1. The third-order valence-electron chi connectivity index (χ3n) is 5.68. The standard InChI is InChI=1S/C20H29NO11/c1-8(24)21-9-2-4-10(5-3-9)30-20-18(29)15(26)13(11(6-22)32-20)19-17(28)16(27)14(25)12(7-23)31-19/h2-5,11-20,22-23,25-29H,6-7H2,1H3,(H,21,24). The van der Waals surface area contributed by atoms with E-state index in [2.05, 4.69) is 5.32 Å². The van der Waals surface area contributed by atoms with Gasteiger partial charge in [-0.1, -0.05) is 0 Å². The van der Waals surface area contributed by atoms with E-state index in [4.69, 9.17) is 14.2 Å². The SMILES string of the molecule is CC(=O)Nc1ccc(OC2OC(CO)C(C3OC(CO)C(O)C(O)C3O)C(O)C2O)cc1. The molecular weight excluding hydrogens is 430 g/mol. The maximum Gasteiger partial charge on any atom is 0.229 e. The van der Waals surface area contributed by atoms with Gasteiger partial charge in [0.1, 0.15) is 36.3 Å². The van der Waals surface area contributed by atoms with Gasteiger partial charge >= 0.3 is 0 Å². The van der Waals surface area contributed by atoms with E-state index >= 15 is 0 Å². The zero-order valence-corrected chi connectivity index (χ0v) is 17.3. The Balaban J connectivity index is 1.75. The minimum atomic E-state index is -1.69. The Bertz CT molecular complexity index is 758. The van der Waals surface area contributed by atoms with Gasteiger partial charge < -0.3 is 55.3 Å². The third-order valence-corrected chi connectivity index (χ3v) is 5.68. The number of aliphatic hydroxyl groups is 7. The first kappa shape index (κ1) is 24.8. The number of ether oxygens (including phenoxy) is 3. The van der Waals surface area contributed by atoms with Crippen LogP contribution in [0.4, 0.5) is 5.69 Å². The second kappa shape index (κ2) is 10.4. The molecule has 0 saturated carbocycles. The Kier molecular flexibility index (Phi) is 8.03. The molecule has 180 valence electrons. The molecule has 3 rings (SSSR count). The van der Waals surface area contributed by atoms with Crippen LogP contribution in [-0.2, 0) is 14.3 Å². The maximum absolute atomic E-state index is 11.1. The summed E-state index contributed by atoms with van der Waals surface area (Å²) in [6, 6.07) is 6.13. The number of benzene rings is 1. The van der Waals surface area contributed by atoms with Gasteiger partial charge in [0.15, 0.2) is 0 Å². The second-order valence-electron chi connectivity index (χ2n) is 7.90. The molecule has 1 aromatic carbocycles. The van der Waals surface area contributed by atoms with Crippen molar-refractivity contribution in [3.05, 3.63) is 24.3 Å². The number of hydrogen-bond donors (Lipinski definition) is 8. The van der Waals surface area contributed by atoms with Crippen molar-refractivity contribution in [1.29, 1.82) is 0 Å². The molecule has 10 unspecified atom stereocenters. The van der Waals surface area contributed by atoms with E-state index in [1.54, 1.807) is 12.1 Å². The van der Waals surface area contributed by atoms with Gasteiger partial charge in [0.2, 0.25) is 12.2 Å². The number of nitrogens with one attached hydrogen (secondary N) is 1. The van der Waals surface area contributed by atoms with Crippen molar-refractivity contribution in [2.75, 3.05) is 18.5 Å². The fourth-order valence-corrected chi connectivity index (χ4v) is 4.02. The van der Waals surface area contributed by atoms with Crippen molar-refractivity contribution in [3.63, 3.8) is 0 Å². The summed E-state index contributed by atoms with van der Waals surface area (Å²) >= 11 is 0. The van der Waals surface area contributed by atoms with E-state index in [1.165, 1.54) is 19.1 Å². The highest BCUT2D eigenvalue weighted by molar-refractivity contribution is 5.88. The molecule has 0 aliphatic carbocycles. The molecule has 1 amide bonds. The van der Waals surface area contributed by atoms with Crippen LogP contribution in [0.5, 0.6) is 5.75 Å². The lowest BCUT2D eigenvalue weighted by Crippen LogP contribution is -2.67. The predicted molar refractivity (Wildman–Crippen MR) is 106 cm³/mol. The number of carbonyl (C=O) groups excluding carboxylic acids is 1. The molecule has 2 heterocycles. The fraction of sp³-hybridized carbons (Fsp3) is 0.650. The van der Waals surface area contributed by atoms with Gasteiger partial charge in [-0.15, -0.1) is 0 Å². The topological polar surface area (TPSA) is 198 Å². The molecule has 12 heteroatoms. The number of amides is 1. The molecule has 32 heavy (non-hydrogen) atoms. The van der Waals surface area contributed by atoms with E-state index in [0.717, 1.165) is 0 Å². The minimum Gasteiger partial charge on any atom is -0.462 e. The van der Waals surface area contributed by atoms with Crippen LogP contribution in [0, 0.1) is 5.92 Å². The Morgan fingerprint density at radius 2 is 1.50 bits per heavy atom. The highest BCUT2D eigenvalue weighted by Gasteiger charge is 2.55. The number of anilines is 1. The van der Waals surface area contributed by atoms with Crippen LogP contribution in [0.1, 0.15) is 6.92 Å². The molecule has 0 aromatic heterocycles. The summed E-state index contributed by atoms with van der Waals surface area (Å²) in [6.07, 6.45) is -13.4. The van der Waals surface area contributed by atoms with E-state index in [1.807, 2.05) is 0 Å². The summed E-state index contributed by atoms with van der Waals surface area (Å²) in [4.78, 5) is 11.1. The van der Waals surface area contributed by atoms with Crippen LogP contribution >= 0.6 is 0 Å². The summed E-state index contributed by atoms with van der Waals surface area (Å²) in [5.41, 5.74) is 0.519. The van der Waals surface area contributed by atoms with E-state index in [9.17, 15) is 40.5 Å². The Morgan fingerprint density at radius 1 is 0.875 bits per heavy atom. The van der Waals surface area contributed by atoms with Gasteiger partial charge in [-0.2, -0.15) is 0 Å². The summed E-state index contributed by atoms with van der Waals surface area (Å²) in [5, 5.41) is 73.5. The van der Waals surface area contributed by atoms with Crippen LogP contribution < -0.4 is 10.1 Å². The lowest BCUT2D eigenvalue weighted by Gasteiger charge is -2.49. The molecule has 12 nitrogen and oxygen atoms in total. The van der Waals surface area contributed by atoms with Crippen molar-refractivity contribution in [2.45, 2.75) is 62.0 Å². The lowest BCUT2D eigenvalue weighted by molar-refractivity contribution is -0.310. The molecular formula is C20H29NO11. The first-order chi connectivity index (χ1) is 15.2. The van der Waals surface area contributed by atoms with Crippen molar-refractivity contribution >= 4 is 11.6 Å². The quantitative estimate of drug-likeness (QED) is 0.215. The molecule has 2 fully saturated rings. The van der Waals surface area contributed by atoms with Crippen LogP contribution in [0.15, 0.2) is 24.3 Å². The third kappa shape index (κ3) is 5.03. The first-order valence-corrected chi connectivity index (χ1v) is 10.1. The van der Waals surface area contributed by atoms with Crippen LogP contribution in [0.25, 0.3) is 0 Å². The van der Waals surface area contributed by atoms with E-state index < -0.39 is 74.3 Å². The van der Waals surface area contributed by atoms with Crippen LogP contribution in [0.2, 0.25) is 0 Å². The molecule has 0 radical (unpaired) electrons. The van der Waals surface area contributed by atoms with Gasteiger partial charge in [-0.25, -0.2) is 0 Å². The largest absolute Gasteiger partial charge is 0.462 e. The van der Waals surface area contributed by atoms with Crippen molar-refractivity contribution in [2.24, 2.45) is 5.92 Å². The van der Waals surface area contributed by atoms with Gasteiger partial charge in [0, 0.05) is 18.5 Å². The Hall–Kier alpha value is -1.87. The average Bonchev–Trinajstić information content (AvgIpc) is 2.77. The Labute approximate surface area is 183 Å². The van der Waals surface area contributed by atoms with Gasteiger partial charge in [-0.05, 0) is 24.3 Å². The zero-order chi connectivity index (χ0) is 23.6. The number of hydrogen-bond acceptors (Lipinski definition) is 11.